The first-order valence-corrected chi connectivity index (χ1v) is 6.97. The number of hydrogen-bond acceptors (Lipinski definition) is 4. The Morgan fingerprint density at radius 1 is 1.24 bits per heavy atom. The summed E-state index contributed by atoms with van der Waals surface area (Å²) >= 11 is 0. The standard InChI is InChI=1S/C15H16N2O4/c18-12-8-11(14(19)17(12)10-6-7-10)16-13(15(20)21)9-4-2-1-3-5-9/h1-5,10-11,13,16H,6-8H2,(H,20,21). The topological polar surface area (TPSA) is 86.7 Å². The largest absolute Gasteiger partial charge is 0.480 e. The number of carboxylic acids is 1. The Morgan fingerprint density at radius 2 is 1.90 bits per heavy atom. The summed E-state index contributed by atoms with van der Waals surface area (Å²) in [6.45, 7) is 0. The summed E-state index contributed by atoms with van der Waals surface area (Å²) in [7, 11) is 0. The third-order valence-electron chi connectivity index (χ3n) is 3.84. The first kappa shape index (κ1) is 13.8. The molecular weight excluding hydrogens is 272 g/mol. The fourth-order valence-corrected chi connectivity index (χ4v) is 2.65. The molecule has 1 aromatic rings. The van der Waals surface area contributed by atoms with Gasteiger partial charge in [0.15, 0.2) is 0 Å². The Hall–Kier alpha value is -2.21. The van der Waals surface area contributed by atoms with E-state index in [-0.39, 0.29) is 24.3 Å². The SMILES string of the molecule is O=C(O)C(NC1CC(=O)N(C2CC2)C1=O)c1ccccc1. The first-order valence-electron chi connectivity index (χ1n) is 6.97. The molecule has 110 valence electrons. The van der Waals surface area contributed by atoms with E-state index < -0.39 is 18.1 Å². The zero-order chi connectivity index (χ0) is 15.0. The maximum absolute atomic E-state index is 12.2. The molecule has 1 aliphatic carbocycles. The van der Waals surface area contributed by atoms with E-state index in [0.717, 1.165) is 12.8 Å². The minimum absolute atomic E-state index is 0.0248. The van der Waals surface area contributed by atoms with Gasteiger partial charge in [0, 0.05) is 6.04 Å². The van der Waals surface area contributed by atoms with E-state index in [1.807, 2.05) is 0 Å². The second-order valence-electron chi connectivity index (χ2n) is 5.44. The van der Waals surface area contributed by atoms with Crippen molar-refractivity contribution in [3.8, 4) is 0 Å². The molecule has 2 atom stereocenters. The van der Waals surface area contributed by atoms with Gasteiger partial charge in [-0.3, -0.25) is 24.6 Å². The van der Waals surface area contributed by atoms with Crippen molar-refractivity contribution in [2.45, 2.75) is 37.4 Å². The van der Waals surface area contributed by atoms with E-state index in [9.17, 15) is 19.5 Å². The number of likely N-dealkylation sites (tertiary alicyclic amines) is 1. The highest BCUT2D eigenvalue weighted by atomic mass is 16.4. The second-order valence-corrected chi connectivity index (χ2v) is 5.44. The van der Waals surface area contributed by atoms with Crippen molar-refractivity contribution in [1.29, 1.82) is 0 Å². The van der Waals surface area contributed by atoms with Crippen LogP contribution >= 0.6 is 0 Å². The highest BCUT2D eigenvalue weighted by Gasteiger charge is 2.47. The highest BCUT2D eigenvalue weighted by Crippen LogP contribution is 2.32. The van der Waals surface area contributed by atoms with Gasteiger partial charge in [-0.25, -0.2) is 0 Å². The maximum atomic E-state index is 12.2. The van der Waals surface area contributed by atoms with Gasteiger partial charge in [-0.1, -0.05) is 30.3 Å². The van der Waals surface area contributed by atoms with Crippen LogP contribution in [0, 0.1) is 0 Å². The van der Waals surface area contributed by atoms with Crippen LogP contribution in [-0.4, -0.2) is 39.9 Å². The van der Waals surface area contributed by atoms with Gasteiger partial charge in [0.05, 0.1) is 12.5 Å². The molecule has 21 heavy (non-hydrogen) atoms. The number of hydrogen-bond donors (Lipinski definition) is 2. The van der Waals surface area contributed by atoms with Crippen LogP contribution in [0.3, 0.4) is 0 Å². The van der Waals surface area contributed by atoms with Gasteiger partial charge >= 0.3 is 5.97 Å². The third-order valence-corrected chi connectivity index (χ3v) is 3.84. The zero-order valence-electron chi connectivity index (χ0n) is 11.4. The van der Waals surface area contributed by atoms with Crippen molar-refractivity contribution < 1.29 is 19.5 Å². The van der Waals surface area contributed by atoms with E-state index in [1.165, 1.54) is 4.90 Å². The molecule has 0 radical (unpaired) electrons. The molecule has 6 nitrogen and oxygen atoms in total. The Morgan fingerprint density at radius 3 is 2.48 bits per heavy atom. The lowest BCUT2D eigenvalue weighted by Crippen LogP contribution is -2.43. The summed E-state index contributed by atoms with van der Waals surface area (Å²) in [6.07, 6.45) is 1.74. The number of rotatable bonds is 5. The van der Waals surface area contributed by atoms with Crippen LogP contribution < -0.4 is 5.32 Å². The van der Waals surface area contributed by atoms with E-state index in [2.05, 4.69) is 5.32 Å². The molecule has 3 rings (SSSR count). The second kappa shape index (κ2) is 5.29. The highest BCUT2D eigenvalue weighted by molar-refractivity contribution is 6.06. The molecule has 1 saturated heterocycles. The fourth-order valence-electron chi connectivity index (χ4n) is 2.65. The van der Waals surface area contributed by atoms with Crippen molar-refractivity contribution in [3.05, 3.63) is 35.9 Å². The van der Waals surface area contributed by atoms with Crippen LogP contribution in [0.15, 0.2) is 30.3 Å². The molecule has 6 heteroatoms. The lowest BCUT2D eigenvalue weighted by Gasteiger charge is -2.19. The molecular formula is C15H16N2O4. The number of carboxylic acid groups (broad SMARTS) is 1. The van der Waals surface area contributed by atoms with Gasteiger partial charge in [0.25, 0.3) is 0 Å². The number of nitrogens with one attached hydrogen (secondary N) is 1. The van der Waals surface area contributed by atoms with Gasteiger partial charge in [0.1, 0.15) is 6.04 Å². The number of imide groups is 1. The van der Waals surface area contributed by atoms with Crippen LogP contribution in [0.4, 0.5) is 0 Å². The average Bonchev–Trinajstić information content (AvgIpc) is 3.24. The Bertz CT molecular complexity index is 583. The molecule has 0 spiro atoms. The van der Waals surface area contributed by atoms with Crippen LogP contribution in [0.1, 0.15) is 30.9 Å². The van der Waals surface area contributed by atoms with Gasteiger partial charge < -0.3 is 5.11 Å². The average molecular weight is 288 g/mol. The summed E-state index contributed by atoms with van der Waals surface area (Å²) < 4.78 is 0. The van der Waals surface area contributed by atoms with Crippen molar-refractivity contribution >= 4 is 17.8 Å². The monoisotopic (exact) mass is 288 g/mol. The lowest BCUT2D eigenvalue weighted by atomic mass is 10.1. The minimum atomic E-state index is -1.06. The van der Waals surface area contributed by atoms with Crippen LogP contribution in [0.5, 0.6) is 0 Å². The van der Waals surface area contributed by atoms with Crippen molar-refractivity contribution in [2.75, 3.05) is 0 Å². The fraction of sp³-hybridized carbons (Fsp3) is 0.400. The smallest absolute Gasteiger partial charge is 0.325 e. The van der Waals surface area contributed by atoms with Gasteiger partial charge in [0.2, 0.25) is 11.8 Å². The van der Waals surface area contributed by atoms with Crippen molar-refractivity contribution in [3.63, 3.8) is 0 Å². The van der Waals surface area contributed by atoms with Gasteiger partial charge in [-0.05, 0) is 18.4 Å². The number of amides is 2. The van der Waals surface area contributed by atoms with Crippen LogP contribution in [0.2, 0.25) is 0 Å². The number of carbonyl (C=O) groups excluding carboxylic acids is 2. The quantitative estimate of drug-likeness (QED) is 0.779. The predicted molar refractivity (Wildman–Crippen MR) is 73.2 cm³/mol. The van der Waals surface area contributed by atoms with Crippen LogP contribution in [-0.2, 0) is 14.4 Å². The number of carbonyl (C=O) groups is 3. The van der Waals surface area contributed by atoms with Crippen LogP contribution in [0.25, 0.3) is 0 Å². The number of aliphatic carboxylic acids is 1. The summed E-state index contributed by atoms with van der Waals surface area (Å²) in [5, 5.41) is 12.2. The summed E-state index contributed by atoms with van der Waals surface area (Å²) in [5.41, 5.74) is 0.565. The number of nitrogens with zero attached hydrogens (tertiary/aromatic N) is 1. The van der Waals surface area contributed by atoms with E-state index >= 15 is 0 Å². The van der Waals surface area contributed by atoms with E-state index in [0.29, 0.717) is 5.56 Å². The molecule has 1 aromatic carbocycles. The normalized spacial score (nSPS) is 23.4. The van der Waals surface area contributed by atoms with Gasteiger partial charge in [-0.15, -0.1) is 0 Å². The molecule has 1 heterocycles. The summed E-state index contributed by atoms with van der Waals surface area (Å²) in [4.78, 5) is 36.8. The minimum Gasteiger partial charge on any atom is -0.480 e. The van der Waals surface area contributed by atoms with E-state index in [1.54, 1.807) is 30.3 Å². The summed E-state index contributed by atoms with van der Waals surface area (Å²) in [5.74, 6) is -1.58. The Kier molecular flexibility index (Phi) is 3.47. The molecule has 2 fully saturated rings. The molecule has 1 aliphatic heterocycles. The zero-order valence-corrected chi connectivity index (χ0v) is 11.4. The molecule has 2 amide bonds. The predicted octanol–water partition coefficient (Wildman–Crippen LogP) is 0.692. The molecule has 2 unspecified atom stereocenters. The van der Waals surface area contributed by atoms with E-state index in [4.69, 9.17) is 0 Å². The molecule has 2 aliphatic rings. The lowest BCUT2D eigenvalue weighted by molar-refractivity contribution is -0.140. The molecule has 0 aromatic heterocycles. The summed E-state index contributed by atoms with van der Waals surface area (Å²) in [6, 6.07) is 6.93. The Balaban J connectivity index is 1.76. The maximum Gasteiger partial charge on any atom is 0.325 e. The molecule has 0 bridgehead atoms. The van der Waals surface area contributed by atoms with Crippen molar-refractivity contribution in [2.24, 2.45) is 0 Å². The third kappa shape index (κ3) is 2.67. The number of benzene rings is 1. The molecule has 2 N–H and O–H groups in total. The van der Waals surface area contributed by atoms with Crippen molar-refractivity contribution in [1.82, 2.24) is 10.2 Å². The van der Waals surface area contributed by atoms with Gasteiger partial charge in [-0.2, -0.15) is 0 Å². The Labute approximate surface area is 121 Å². The first-order chi connectivity index (χ1) is 10.1. The molecule has 1 saturated carbocycles.